The SMILES string of the molecule is C=C[C@@H]1C[C@]1(N)C(=O)NS(=O)(=O)C1(Cc2ccccc2)CC1.C=C[C@@H]1C[C@]1(NC(=O)[C@@H]1C[C@@H](Oc2cc(-c3ccccc3)nc3nc(C)ccc23)CN1C(=O)[C@@H](NC(=O)OC(C)(C)C)C(C)(C)C)C(=O)NS(=O)(=O)C1(Cc2ccccc2)CC1.CC(C)(C)OC(=O)N[C@H](C(=O)N1C[C@H](O)C[C@H]1C(=O)O)C(C)(C)C.Cc1ccc2c(O[C@@H]3C[C@@H](C(=O)O)N(C(=O)[C@@H](NC(=O)OC(C)(C)C)C(C)(C)C)C3)cc(-c3ccccc3)nc2n1.Cl. The number of aliphatic carboxylic acids is 2. The first-order chi connectivity index (χ1) is 69.3. The number of carboxylic acid groups (broad SMARTS) is 2. The highest BCUT2D eigenvalue weighted by molar-refractivity contribution is 7.92. The third kappa shape index (κ3) is 28.9. The van der Waals surface area contributed by atoms with Crippen LogP contribution in [0.5, 0.6) is 11.5 Å². The number of nitrogens with two attached hydrogens (primary N) is 1. The summed E-state index contributed by atoms with van der Waals surface area (Å²) in [6, 6.07) is 42.4. The van der Waals surface area contributed by atoms with Crippen molar-refractivity contribution in [2.75, 3.05) is 19.6 Å². The number of aliphatic hydroxyl groups is 1. The van der Waals surface area contributed by atoms with Crippen LogP contribution in [0.3, 0.4) is 0 Å². The van der Waals surface area contributed by atoms with Crippen molar-refractivity contribution in [3.05, 3.63) is 206 Å². The van der Waals surface area contributed by atoms with E-state index < -0.39 is 200 Å². The van der Waals surface area contributed by atoms with Crippen LogP contribution in [-0.2, 0) is 85.5 Å². The molecule has 0 radical (unpaired) electrons. The minimum absolute atomic E-state index is 0. The van der Waals surface area contributed by atoms with Crippen molar-refractivity contribution in [1.82, 2.24) is 65.3 Å². The van der Waals surface area contributed by atoms with E-state index >= 15 is 0 Å². The standard InChI is InChI=1S/C47H56N6O8S.C31H38N4O6.C16H28N2O6.C16H20N2O3S.ClH/c1-9-32-27-47(32,42(56)52-62(58,59)46(22-23-46)26-30-16-12-10-13-17-30)51-40(54)36-24-33(28-53(36)41(55)38(44(3,4)5)50-43(57)61-45(6,7)8)60-37-25-35(31-18-14-11-15-19-31)49-39-34(37)21-20-29(2)48-39;1-18-13-14-21-24(16-22(33-26(21)32-18)19-11-9-8-10-12-19)40-20-15-23(28(37)38)35(17-20)27(36)25(30(2,3)4)34-29(39)41-31(5,6)7;1-15(2,3)11(17-14(23)24-16(4,5)6)12(20)18-8-9(19)7-10(18)13(21)22;1-2-13-11-16(13,17)14(19)18-22(20,21)15(8-9-15)10-12-6-4-3-5-7-12;/h9-21,25,32-33,36,38H,1,22-24,26-28H2,2-8H3,(H,50,57)(H,51,54)(H,52,56);8-14,16,20,23,25H,15,17H2,1-7H3,(H,34,39)(H,37,38);9-11,19H,7-8H2,1-6H3,(H,17,23)(H,21,22);2-7,13H,1,8-11,17H2,(H,18,19);1H/t32-,33-,36+,38-,47-;20-,23+,25-;9-,10+,11-;13-,16-;/m1111./s1. The number of benzene rings is 4. The molecule has 0 bridgehead atoms. The van der Waals surface area contributed by atoms with Gasteiger partial charge in [-0.1, -0.05) is 196 Å². The minimum Gasteiger partial charge on any atom is -0.488 e. The van der Waals surface area contributed by atoms with Crippen molar-refractivity contribution < 1.29 is 109 Å². The summed E-state index contributed by atoms with van der Waals surface area (Å²) in [5.41, 5.74) is 5.95. The van der Waals surface area contributed by atoms with Crippen molar-refractivity contribution in [3.8, 4) is 34.0 Å². The van der Waals surface area contributed by atoms with Crippen LogP contribution in [0.1, 0.15) is 205 Å². The Morgan fingerprint density at radius 2 is 0.787 bits per heavy atom. The minimum atomic E-state index is -4.17. The second kappa shape index (κ2) is 45.5. The summed E-state index contributed by atoms with van der Waals surface area (Å²) in [6.07, 6.45) is 1.73. The number of β-amino-alcohol motifs (C(OH)–C–C–N with tert-alkyl or cyclic N) is 1. The zero-order chi connectivity index (χ0) is 110. The summed E-state index contributed by atoms with van der Waals surface area (Å²) in [5.74, 6) is -5.87. The fourth-order valence-corrected chi connectivity index (χ4v) is 21.6. The Bertz CT molecular complexity index is 6600. The van der Waals surface area contributed by atoms with E-state index in [1.54, 1.807) is 137 Å². The number of nitrogens with zero attached hydrogens (tertiary/aromatic N) is 7. The van der Waals surface area contributed by atoms with Gasteiger partial charge in [0, 0.05) is 72.3 Å². The number of aliphatic hydroxyl groups excluding tert-OH is 1. The molecule has 37 nitrogen and oxygen atoms in total. The number of hydrogen-bond acceptors (Lipinski definition) is 26. The molecule has 4 saturated carbocycles. The molecule has 15 rings (SSSR count). The van der Waals surface area contributed by atoms with E-state index in [9.17, 15) is 84.9 Å². The summed E-state index contributed by atoms with van der Waals surface area (Å²) in [7, 11) is -7.91. The first kappa shape index (κ1) is 117. The number of likely N-dealkylation sites (tertiary alicyclic amines) is 3. The van der Waals surface area contributed by atoms with Gasteiger partial charge in [0.15, 0.2) is 11.3 Å². The third-order valence-electron chi connectivity index (χ3n) is 26.9. The van der Waals surface area contributed by atoms with Gasteiger partial charge in [-0.3, -0.25) is 38.2 Å². The first-order valence-corrected chi connectivity index (χ1v) is 52.9. The molecule has 9 amide bonds. The molecule has 8 aromatic rings. The van der Waals surface area contributed by atoms with Crippen LogP contribution in [0.15, 0.2) is 183 Å². The summed E-state index contributed by atoms with van der Waals surface area (Å²) < 4.78 is 84.7. The number of fused-ring (bicyclic) bond motifs is 2. The molecule has 13 atom stereocenters. The van der Waals surface area contributed by atoms with Gasteiger partial charge < -0.3 is 80.7 Å². The van der Waals surface area contributed by atoms with Crippen molar-refractivity contribution in [2.45, 2.75) is 301 Å². The zero-order valence-electron chi connectivity index (χ0n) is 88.8. The Kier molecular flexibility index (Phi) is 35.5. The predicted molar refractivity (Wildman–Crippen MR) is 568 cm³/mol. The molecule has 3 aliphatic heterocycles. The van der Waals surface area contributed by atoms with Crippen LogP contribution >= 0.6 is 12.4 Å². The van der Waals surface area contributed by atoms with Gasteiger partial charge in [0.1, 0.15) is 87.8 Å². The number of rotatable bonds is 28. The van der Waals surface area contributed by atoms with Crippen molar-refractivity contribution in [1.29, 1.82) is 0 Å². The van der Waals surface area contributed by atoms with Gasteiger partial charge in [-0.05, 0) is 179 Å². The van der Waals surface area contributed by atoms with Crippen LogP contribution in [0.2, 0.25) is 0 Å². The second-order valence-electron chi connectivity index (χ2n) is 45.9. The molecule has 4 aromatic heterocycles. The first-order valence-electron chi connectivity index (χ1n) is 49.9. The van der Waals surface area contributed by atoms with Gasteiger partial charge in [-0.15, -0.1) is 25.6 Å². The van der Waals surface area contributed by atoms with Gasteiger partial charge in [-0.2, -0.15) is 0 Å². The Hall–Kier alpha value is -13.2. The molecule has 40 heteroatoms. The number of halogens is 1. The highest BCUT2D eigenvalue weighted by atomic mass is 35.5. The topological polar surface area (TPSA) is 522 Å². The van der Waals surface area contributed by atoms with E-state index in [0.29, 0.717) is 83.5 Å². The molecule has 4 aromatic carbocycles. The number of hydrogen-bond donors (Lipinski definition) is 10. The monoisotopic (exact) mass is 2130 g/mol. The number of sulfonamides is 2. The van der Waals surface area contributed by atoms with Gasteiger partial charge in [0.25, 0.3) is 11.8 Å². The Balaban J connectivity index is 0.000000207. The maximum Gasteiger partial charge on any atom is 0.408 e. The van der Waals surface area contributed by atoms with E-state index in [-0.39, 0.29) is 70.1 Å². The summed E-state index contributed by atoms with van der Waals surface area (Å²) in [4.78, 5) is 166. The number of carbonyl (C=O) groups excluding carboxylic acids is 9. The van der Waals surface area contributed by atoms with E-state index in [1.165, 1.54) is 15.9 Å². The van der Waals surface area contributed by atoms with E-state index in [2.05, 4.69) is 53.8 Å². The average molecular weight is 2130 g/mol. The lowest BCUT2D eigenvalue weighted by Gasteiger charge is -2.36. The number of pyridine rings is 4. The average Bonchev–Trinajstić information content (AvgIpc) is 1.56. The van der Waals surface area contributed by atoms with Crippen LogP contribution < -0.4 is 45.9 Å². The van der Waals surface area contributed by atoms with E-state index in [1.807, 2.05) is 166 Å². The molecule has 3 saturated heterocycles. The summed E-state index contributed by atoms with van der Waals surface area (Å²) in [5, 5.41) is 41.2. The lowest BCUT2D eigenvalue weighted by Crippen LogP contribution is -2.60. The molecule has 4 aliphatic carbocycles. The molecule has 810 valence electrons. The third-order valence-corrected chi connectivity index (χ3v) is 31.2. The smallest absolute Gasteiger partial charge is 0.408 e. The molecule has 0 unspecified atom stereocenters. The summed E-state index contributed by atoms with van der Waals surface area (Å²) in [6.45, 7) is 42.6. The molecular formula is C110H143ClN14O23S2. The van der Waals surface area contributed by atoms with Crippen LogP contribution in [0.25, 0.3) is 44.6 Å². The van der Waals surface area contributed by atoms with Crippen molar-refractivity contribution in [2.24, 2.45) is 33.8 Å². The number of nitrogens with one attached hydrogen (secondary N) is 6. The number of carbonyl (C=O) groups is 11. The van der Waals surface area contributed by atoms with Gasteiger partial charge in [0.2, 0.25) is 43.7 Å². The highest BCUT2D eigenvalue weighted by Crippen LogP contribution is 2.51. The number of ether oxygens (including phenoxy) is 5. The molecule has 7 fully saturated rings. The van der Waals surface area contributed by atoms with E-state index in [4.69, 9.17) is 39.4 Å². The van der Waals surface area contributed by atoms with Gasteiger partial charge >= 0.3 is 30.2 Å². The maximum absolute atomic E-state index is 14.8. The molecule has 0 spiro atoms. The highest BCUT2D eigenvalue weighted by Gasteiger charge is 2.65. The van der Waals surface area contributed by atoms with Gasteiger partial charge in [-0.25, -0.2) is 60.7 Å². The quantitative estimate of drug-likeness (QED) is 0.0161. The molecule has 7 heterocycles. The molecular weight excluding hydrogens is 1980 g/mol. The lowest BCUT2D eigenvalue weighted by atomic mass is 9.85. The summed E-state index contributed by atoms with van der Waals surface area (Å²) >= 11 is 0. The second-order valence-corrected chi connectivity index (χ2v) is 50.1. The molecule has 7 aliphatic rings. The van der Waals surface area contributed by atoms with Crippen molar-refractivity contribution in [3.63, 3.8) is 0 Å². The predicted octanol–water partition coefficient (Wildman–Crippen LogP) is 13.7. The lowest BCUT2D eigenvalue weighted by molar-refractivity contribution is -0.150. The number of alkyl carbamates (subject to hydrolysis) is 3. The fraction of sp³-hybridized carbons (Fsp3) is 0.500. The Labute approximate surface area is 882 Å². The number of aryl methyl sites for hydroxylation is 2. The largest absolute Gasteiger partial charge is 0.488 e. The van der Waals surface area contributed by atoms with Crippen LogP contribution in [0.4, 0.5) is 14.4 Å². The van der Waals surface area contributed by atoms with Gasteiger partial charge in [0.05, 0.1) is 50.8 Å². The van der Waals surface area contributed by atoms with Crippen molar-refractivity contribution >= 4 is 120 Å². The number of amides is 9. The number of aromatic nitrogens is 4. The van der Waals surface area contributed by atoms with Crippen LogP contribution in [0, 0.1) is 41.9 Å². The Morgan fingerprint density at radius 3 is 1.11 bits per heavy atom. The maximum atomic E-state index is 14.8. The molecule has 150 heavy (non-hydrogen) atoms. The normalized spacial score (nSPS) is 22.0. The van der Waals surface area contributed by atoms with Crippen LogP contribution in [-0.4, -0.2) is 244 Å². The Morgan fingerprint density at radius 1 is 0.453 bits per heavy atom. The fourth-order valence-electron chi connectivity index (χ4n) is 18.3. The van der Waals surface area contributed by atoms with E-state index in [0.717, 1.165) is 38.5 Å². The number of carboxylic acids is 2. The molecule has 11 N–H and O–H groups in total. The zero-order valence-corrected chi connectivity index (χ0v) is 91.2.